The van der Waals surface area contributed by atoms with Gasteiger partial charge in [-0.15, -0.1) is 0 Å². The second-order valence-electron chi connectivity index (χ2n) is 3.34. The maximum atomic E-state index is 10.8. The number of carboxylic acids is 1. The van der Waals surface area contributed by atoms with Gasteiger partial charge in [0, 0.05) is 22.2 Å². The first-order valence-corrected chi connectivity index (χ1v) is 5.67. The molecule has 0 aliphatic rings. The first-order chi connectivity index (χ1) is 8.88. The van der Waals surface area contributed by atoms with E-state index in [0.29, 0.717) is 15.7 Å². The fraction of sp³-hybridized carbons (Fsp3) is 0.100. The second-order valence-corrected chi connectivity index (χ2v) is 4.22. The molecule has 0 heterocycles. The van der Waals surface area contributed by atoms with Gasteiger partial charge in [0.05, 0.1) is 6.20 Å². The Morgan fingerprint density at radius 3 is 2.42 bits per heavy atom. The molecule has 0 aliphatic heterocycles. The lowest BCUT2D eigenvalue weighted by Gasteiger charge is -2.04. The molecule has 1 aromatic carbocycles. The zero-order chi connectivity index (χ0) is 14.4. The van der Waals surface area contributed by atoms with Crippen LogP contribution in [-0.2, 0) is 4.79 Å². The highest BCUT2D eigenvalue weighted by molar-refractivity contribution is 6.35. The molecule has 1 rings (SSSR count). The molecule has 0 atom stereocenters. The number of nitro groups is 1. The largest absolute Gasteiger partial charge is 0.480 e. The smallest absolute Gasteiger partial charge is 0.336 e. The van der Waals surface area contributed by atoms with E-state index in [1.54, 1.807) is 0 Å². The van der Waals surface area contributed by atoms with Crippen molar-refractivity contribution in [3.63, 3.8) is 0 Å². The van der Waals surface area contributed by atoms with Crippen LogP contribution in [0.5, 0.6) is 0 Å². The van der Waals surface area contributed by atoms with Gasteiger partial charge in [-0.1, -0.05) is 23.2 Å². The molecule has 102 valence electrons. The molecule has 9 heteroatoms. The van der Waals surface area contributed by atoms with Crippen LogP contribution in [-0.4, -0.2) is 22.5 Å². The van der Waals surface area contributed by atoms with Crippen molar-refractivity contribution < 1.29 is 14.8 Å². The number of carbonyl (C=O) groups is 1. The van der Waals surface area contributed by atoms with Crippen molar-refractivity contribution in [2.75, 3.05) is 11.9 Å². The zero-order valence-electron chi connectivity index (χ0n) is 9.39. The summed E-state index contributed by atoms with van der Waals surface area (Å²) in [6.07, 6.45) is 0.947. The van der Waals surface area contributed by atoms with E-state index >= 15 is 0 Å². The highest BCUT2D eigenvalue weighted by Gasteiger charge is 2.11. The fourth-order valence-electron chi connectivity index (χ4n) is 1.14. The molecule has 0 saturated carbocycles. The Balaban J connectivity index is 2.83. The molecule has 1 aromatic rings. The van der Waals surface area contributed by atoms with Gasteiger partial charge in [0.2, 0.25) is 0 Å². The number of halogens is 2. The highest BCUT2D eigenvalue weighted by Crippen LogP contribution is 2.23. The zero-order valence-corrected chi connectivity index (χ0v) is 10.9. The Hall–Kier alpha value is -1.99. The Morgan fingerprint density at radius 1 is 1.37 bits per heavy atom. The van der Waals surface area contributed by atoms with Gasteiger partial charge in [0.25, 0.3) is 0 Å². The lowest BCUT2D eigenvalue weighted by atomic mass is 10.3. The van der Waals surface area contributed by atoms with Gasteiger partial charge in [-0.3, -0.25) is 4.79 Å². The van der Waals surface area contributed by atoms with Crippen molar-refractivity contribution in [3.05, 3.63) is 50.4 Å². The van der Waals surface area contributed by atoms with Crippen LogP contribution in [0.2, 0.25) is 10.0 Å². The summed E-state index contributed by atoms with van der Waals surface area (Å²) in [4.78, 5) is 20.3. The lowest BCUT2D eigenvalue weighted by Crippen LogP contribution is -2.20. The molecule has 0 spiro atoms. The van der Waals surface area contributed by atoms with Crippen molar-refractivity contribution in [1.29, 1.82) is 0 Å². The minimum Gasteiger partial charge on any atom is -0.480 e. The molecule has 0 amide bonds. The molecular weight excluding hydrogens is 297 g/mol. The molecule has 0 aromatic heterocycles. The maximum absolute atomic E-state index is 10.8. The quantitative estimate of drug-likeness (QED) is 0.549. The third-order valence-corrected chi connectivity index (χ3v) is 2.26. The monoisotopic (exact) mass is 305 g/mol. The van der Waals surface area contributed by atoms with Crippen LogP contribution in [0.4, 0.5) is 5.69 Å². The fourth-order valence-corrected chi connectivity index (χ4v) is 1.67. The van der Waals surface area contributed by atoms with Crippen LogP contribution in [0.25, 0.3) is 0 Å². The molecule has 0 fully saturated rings. The number of benzene rings is 1. The van der Waals surface area contributed by atoms with E-state index in [-0.39, 0.29) is 0 Å². The van der Waals surface area contributed by atoms with Crippen LogP contribution in [0.3, 0.4) is 0 Å². The van der Waals surface area contributed by atoms with E-state index in [2.05, 4.69) is 10.6 Å². The third kappa shape index (κ3) is 5.45. The average Bonchev–Trinajstić information content (AvgIpc) is 2.25. The van der Waals surface area contributed by atoms with Crippen molar-refractivity contribution in [1.82, 2.24) is 5.32 Å². The van der Waals surface area contributed by atoms with Crippen molar-refractivity contribution in [3.8, 4) is 0 Å². The molecule has 3 N–H and O–H groups in total. The van der Waals surface area contributed by atoms with Crippen LogP contribution in [0.1, 0.15) is 0 Å². The standard InChI is InChI=1S/C10H9Cl2N3O4/c11-6-1-7(12)3-8(2-6)14-9(15(18)19)4-13-5-10(16)17/h1-4,13-14H,5H2,(H,16,17). The topological polar surface area (TPSA) is 104 Å². The predicted molar refractivity (Wildman–Crippen MR) is 70.8 cm³/mol. The van der Waals surface area contributed by atoms with E-state index in [4.69, 9.17) is 28.3 Å². The SMILES string of the molecule is O=C(O)CNC=C(Nc1cc(Cl)cc(Cl)c1)[N+](=O)[O-]. The predicted octanol–water partition coefficient (Wildman–Crippen LogP) is 2.16. The lowest BCUT2D eigenvalue weighted by molar-refractivity contribution is -0.422. The number of hydrogen-bond donors (Lipinski definition) is 3. The first-order valence-electron chi connectivity index (χ1n) is 4.91. The first kappa shape index (κ1) is 15.1. The van der Waals surface area contributed by atoms with Crippen molar-refractivity contribution >= 4 is 34.9 Å². The summed E-state index contributed by atoms with van der Waals surface area (Å²) < 4.78 is 0. The van der Waals surface area contributed by atoms with E-state index in [0.717, 1.165) is 6.20 Å². The summed E-state index contributed by atoms with van der Waals surface area (Å²) in [6.45, 7) is -0.435. The molecule has 7 nitrogen and oxygen atoms in total. The molecule has 0 aliphatic carbocycles. The summed E-state index contributed by atoms with van der Waals surface area (Å²) in [5, 5.41) is 24.6. The van der Waals surface area contributed by atoms with Gasteiger partial charge in [0.15, 0.2) is 0 Å². The molecular formula is C10H9Cl2N3O4. The van der Waals surface area contributed by atoms with Crippen LogP contribution >= 0.6 is 23.2 Å². The van der Waals surface area contributed by atoms with E-state index in [1.165, 1.54) is 18.2 Å². The van der Waals surface area contributed by atoms with Crippen molar-refractivity contribution in [2.24, 2.45) is 0 Å². The second kappa shape index (κ2) is 6.81. The number of carboxylic acid groups (broad SMARTS) is 1. The Morgan fingerprint density at radius 2 is 1.95 bits per heavy atom. The van der Waals surface area contributed by atoms with E-state index in [9.17, 15) is 14.9 Å². The normalized spacial score (nSPS) is 10.9. The van der Waals surface area contributed by atoms with Gasteiger partial charge >= 0.3 is 11.8 Å². The van der Waals surface area contributed by atoms with E-state index < -0.39 is 23.3 Å². The number of anilines is 1. The summed E-state index contributed by atoms with van der Waals surface area (Å²) in [5.74, 6) is -1.57. The Labute approximate surface area is 118 Å². The van der Waals surface area contributed by atoms with Gasteiger partial charge in [-0.2, -0.15) is 0 Å². The molecule has 0 bridgehead atoms. The van der Waals surface area contributed by atoms with Gasteiger partial charge in [-0.25, -0.2) is 5.32 Å². The summed E-state index contributed by atoms with van der Waals surface area (Å²) in [6, 6.07) is 4.37. The van der Waals surface area contributed by atoms with Crippen molar-refractivity contribution in [2.45, 2.75) is 0 Å². The number of hydrogen-bond acceptors (Lipinski definition) is 5. The minimum atomic E-state index is -1.13. The summed E-state index contributed by atoms with van der Waals surface area (Å²) >= 11 is 11.5. The summed E-state index contributed by atoms with van der Waals surface area (Å²) in [7, 11) is 0. The maximum Gasteiger partial charge on any atom is 0.336 e. The molecule has 19 heavy (non-hydrogen) atoms. The minimum absolute atomic E-state index is 0.316. The average molecular weight is 306 g/mol. The summed E-state index contributed by atoms with van der Waals surface area (Å²) in [5.41, 5.74) is 0.317. The Kier molecular flexibility index (Phi) is 5.40. The van der Waals surface area contributed by atoms with Gasteiger partial charge in [0.1, 0.15) is 12.2 Å². The highest BCUT2D eigenvalue weighted by atomic mass is 35.5. The number of nitrogens with zero attached hydrogens (tertiary/aromatic N) is 1. The number of nitrogens with one attached hydrogen (secondary N) is 2. The van der Waals surface area contributed by atoms with Gasteiger partial charge < -0.3 is 20.5 Å². The van der Waals surface area contributed by atoms with Crippen LogP contribution < -0.4 is 10.6 Å². The van der Waals surface area contributed by atoms with Crippen LogP contribution in [0.15, 0.2) is 30.2 Å². The Bertz CT molecular complexity index is 513. The molecule has 0 radical (unpaired) electrons. The van der Waals surface area contributed by atoms with Crippen LogP contribution in [0, 0.1) is 10.1 Å². The molecule has 0 saturated heterocycles. The van der Waals surface area contributed by atoms with E-state index in [1.807, 2.05) is 0 Å². The number of rotatable bonds is 6. The molecule has 0 unspecified atom stereocenters. The third-order valence-electron chi connectivity index (χ3n) is 1.82. The van der Waals surface area contributed by atoms with Gasteiger partial charge in [-0.05, 0) is 11.0 Å². The number of aliphatic carboxylic acids is 1.